The van der Waals surface area contributed by atoms with Gasteiger partial charge < -0.3 is 10.4 Å². The Morgan fingerprint density at radius 1 is 1.23 bits per heavy atom. The summed E-state index contributed by atoms with van der Waals surface area (Å²) in [6, 6.07) is 10.1. The molecule has 2 heterocycles. The topological polar surface area (TPSA) is 92.9 Å². The Bertz CT molecular complexity index is 828. The van der Waals surface area contributed by atoms with E-state index in [-0.39, 0.29) is 11.4 Å². The van der Waals surface area contributed by atoms with Crippen molar-refractivity contribution in [2.45, 2.75) is 0 Å². The summed E-state index contributed by atoms with van der Waals surface area (Å²) in [6.07, 6.45) is 3.05. The van der Waals surface area contributed by atoms with E-state index in [9.17, 15) is 9.90 Å². The molecule has 3 aromatic rings. The molecule has 0 unspecified atom stereocenters. The fourth-order valence-corrected chi connectivity index (χ4v) is 1.97. The number of aromatic hydroxyl groups is 1. The summed E-state index contributed by atoms with van der Waals surface area (Å²) in [5.41, 5.74) is 1.33. The zero-order valence-corrected chi connectivity index (χ0v) is 11.8. The summed E-state index contributed by atoms with van der Waals surface area (Å²) in [6.45, 7) is 0. The summed E-state index contributed by atoms with van der Waals surface area (Å²) >= 11 is 0. The molecule has 110 valence electrons. The second kappa shape index (κ2) is 5.65. The van der Waals surface area contributed by atoms with E-state index in [4.69, 9.17) is 0 Å². The predicted molar refractivity (Wildman–Crippen MR) is 80.3 cm³/mol. The van der Waals surface area contributed by atoms with E-state index >= 15 is 0 Å². The van der Waals surface area contributed by atoms with Gasteiger partial charge in [-0.3, -0.25) is 9.48 Å². The number of hydrogen-bond donors (Lipinski definition) is 2. The molecule has 22 heavy (non-hydrogen) atoms. The first-order valence-corrected chi connectivity index (χ1v) is 6.55. The first-order chi connectivity index (χ1) is 10.6. The Morgan fingerprint density at radius 3 is 2.82 bits per heavy atom. The highest BCUT2D eigenvalue weighted by molar-refractivity contribution is 6.04. The Labute approximate surface area is 126 Å². The molecule has 3 rings (SSSR count). The number of amides is 1. The fourth-order valence-electron chi connectivity index (χ4n) is 1.97. The van der Waals surface area contributed by atoms with Gasteiger partial charge in [0, 0.05) is 24.5 Å². The smallest absolute Gasteiger partial charge is 0.278 e. The number of aryl methyl sites for hydroxylation is 1. The molecule has 0 saturated heterocycles. The summed E-state index contributed by atoms with van der Waals surface area (Å²) in [5, 5.41) is 16.6. The molecule has 0 aliphatic rings. The third-order valence-corrected chi connectivity index (χ3v) is 2.98. The normalized spacial score (nSPS) is 10.4. The number of rotatable bonds is 3. The molecular formula is C15H13N5O2. The van der Waals surface area contributed by atoms with Gasteiger partial charge in [0.15, 0.2) is 11.5 Å². The van der Waals surface area contributed by atoms with Crippen molar-refractivity contribution in [3.63, 3.8) is 0 Å². The van der Waals surface area contributed by atoms with Crippen LogP contribution in [0.1, 0.15) is 10.5 Å². The predicted octanol–water partition coefficient (Wildman–Crippen LogP) is 1.83. The van der Waals surface area contributed by atoms with Crippen LogP contribution in [-0.4, -0.2) is 30.8 Å². The zero-order valence-electron chi connectivity index (χ0n) is 11.8. The van der Waals surface area contributed by atoms with Crippen molar-refractivity contribution in [1.82, 2.24) is 19.7 Å². The lowest BCUT2D eigenvalue weighted by atomic mass is 10.2. The summed E-state index contributed by atoms with van der Waals surface area (Å²) in [7, 11) is 1.78. The number of anilines is 1. The number of pyridine rings is 1. The van der Waals surface area contributed by atoms with Gasteiger partial charge in [-0.25, -0.2) is 9.97 Å². The maximum absolute atomic E-state index is 12.1. The van der Waals surface area contributed by atoms with Crippen LogP contribution in [0.2, 0.25) is 0 Å². The van der Waals surface area contributed by atoms with Crippen LogP contribution in [0.4, 0.5) is 5.69 Å². The molecule has 0 aliphatic heterocycles. The first-order valence-electron chi connectivity index (χ1n) is 6.55. The molecule has 0 spiro atoms. The van der Waals surface area contributed by atoms with E-state index in [2.05, 4.69) is 20.4 Å². The van der Waals surface area contributed by atoms with Crippen LogP contribution in [0.5, 0.6) is 5.75 Å². The molecule has 7 nitrogen and oxygen atoms in total. The Hall–Kier alpha value is -3.22. The molecule has 0 bridgehead atoms. The minimum Gasteiger partial charge on any atom is -0.505 e. The van der Waals surface area contributed by atoms with Crippen LogP contribution in [0, 0.1) is 0 Å². The maximum Gasteiger partial charge on any atom is 0.278 e. The Morgan fingerprint density at radius 2 is 2.09 bits per heavy atom. The lowest BCUT2D eigenvalue weighted by Crippen LogP contribution is -2.13. The third kappa shape index (κ3) is 2.78. The van der Waals surface area contributed by atoms with E-state index in [0.717, 1.165) is 5.56 Å². The van der Waals surface area contributed by atoms with E-state index in [1.54, 1.807) is 42.3 Å². The molecule has 0 aliphatic carbocycles. The van der Waals surface area contributed by atoms with Gasteiger partial charge in [-0.1, -0.05) is 12.1 Å². The van der Waals surface area contributed by atoms with Gasteiger partial charge in [0.05, 0.1) is 0 Å². The highest BCUT2D eigenvalue weighted by Gasteiger charge is 2.13. The monoisotopic (exact) mass is 295 g/mol. The first kappa shape index (κ1) is 13.7. The zero-order chi connectivity index (χ0) is 15.5. The number of nitrogens with zero attached hydrogens (tertiary/aromatic N) is 4. The summed E-state index contributed by atoms with van der Waals surface area (Å²) < 4.78 is 1.60. The molecule has 0 saturated carbocycles. The molecule has 0 atom stereocenters. The van der Waals surface area contributed by atoms with Crippen LogP contribution in [-0.2, 0) is 7.05 Å². The maximum atomic E-state index is 12.1. The summed E-state index contributed by atoms with van der Waals surface area (Å²) in [4.78, 5) is 20.2. The average Bonchev–Trinajstić information content (AvgIpc) is 2.94. The number of carbonyl (C=O) groups excluding carboxylic acids is 1. The van der Waals surface area contributed by atoms with Crippen molar-refractivity contribution >= 4 is 11.6 Å². The van der Waals surface area contributed by atoms with Gasteiger partial charge in [-0.15, -0.1) is 0 Å². The molecule has 7 heteroatoms. The van der Waals surface area contributed by atoms with Crippen molar-refractivity contribution in [3.05, 3.63) is 54.6 Å². The van der Waals surface area contributed by atoms with E-state index in [0.29, 0.717) is 11.5 Å². The van der Waals surface area contributed by atoms with Gasteiger partial charge in [0.2, 0.25) is 0 Å². The molecule has 0 radical (unpaired) electrons. The second-order valence-corrected chi connectivity index (χ2v) is 4.65. The Kier molecular flexibility index (Phi) is 3.53. The van der Waals surface area contributed by atoms with Crippen LogP contribution < -0.4 is 5.32 Å². The minimum atomic E-state index is -0.482. The van der Waals surface area contributed by atoms with Crippen LogP contribution >= 0.6 is 0 Å². The third-order valence-electron chi connectivity index (χ3n) is 2.98. The summed E-state index contributed by atoms with van der Waals surface area (Å²) in [5.74, 6) is -0.0777. The van der Waals surface area contributed by atoms with Crippen LogP contribution in [0.15, 0.2) is 48.9 Å². The van der Waals surface area contributed by atoms with Crippen molar-refractivity contribution in [2.75, 3.05) is 5.32 Å². The SMILES string of the molecule is Cn1cnc(-c2cccc(NC(=O)c3ncccc3O)c2)n1. The van der Waals surface area contributed by atoms with Crippen molar-refractivity contribution in [2.24, 2.45) is 7.05 Å². The standard InChI is InChI=1S/C15H13N5O2/c1-20-9-17-14(19-20)10-4-2-5-11(8-10)18-15(22)13-12(21)6-3-7-16-13/h2-9,21H,1H3,(H,18,22). The fraction of sp³-hybridized carbons (Fsp3) is 0.0667. The molecule has 1 amide bonds. The Balaban J connectivity index is 1.84. The van der Waals surface area contributed by atoms with Crippen LogP contribution in [0.25, 0.3) is 11.4 Å². The second-order valence-electron chi connectivity index (χ2n) is 4.65. The van der Waals surface area contributed by atoms with Gasteiger partial charge in [-0.2, -0.15) is 5.10 Å². The van der Waals surface area contributed by atoms with E-state index in [1.165, 1.54) is 12.3 Å². The van der Waals surface area contributed by atoms with Crippen molar-refractivity contribution < 1.29 is 9.90 Å². The van der Waals surface area contributed by atoms with E-state index in [1.807, 2.05) is 6.07 Å². The van der Waals surface area contributed by atoms with Gasteiger partial charge in [0.25, 0.3) is 5.91 Å². The number of nitrogens with one attached hydrogen (secondary N) is 1. The lowest BCUT2D eigenvalue weighted by molar-refractivity contribution is 0.101. The molecular weight excluding hydrogens is 282 g/mol. The number of aromatic nitrogens is 4. The van der Waals surface area contributed by atoms with Crippen molar-refractivity contribution in [3.8, 4) is 17.1 Å². The quantitative estimate of drug-likeness (QED) is 0.769. The number of hydrogen-bond acceptors (Lipinski definition) is 5. The van der Waals surface area contributed by atoms with Crippen molar-refractivity contribution in [1.29, 1.82) is 0 Å². The van der Waals surface area contributed by atoms with Crippen LogP contribution in [0.3, 0.4) is 0 Å². The number of benzene rings is 1. The highest BCUT2D eigenvalue weighted by Crippen LogP contribution is 2.20. The number of carbonyl (C=O) groups is 1. The minimum absolute atomic E-state index is 0.0242. The van der Waals surface area contributed by atoms with Gasteiger partial charge in [-0.05, 0) is 24.3 Å². The molecule has 2 aromatic heterocycles. The molecule has 2 N–H and O–H groups in total. The van der Waals surface area contributed by atoms with Gasteiger partial charge in [0.1, 0.15) is 12.1 Å². The largest absolute Gasteiger partial charge is 0.505 e. The highest BCUT2D eigenvalue weighted by atomic mass is 16.3. The molecule has 0 fully saturated rings. The molecule has 1 aromatic carbocycles. The lowest BCUT2D eigenvalue weighted by Gasteiger charge is -2.06. The van der Waals surface area contributed by atoms with E-state index < -0.39 is 5.91 Å². The average molecular weight is 295 g/mol. The van der Waals surface area contributed by atoms with Gasteiger partial charge >= 0.3 is 0 Å².